The number of amides is 1. The number of nitrogens with one attached hydrogen (secondary N) is 1. The lowest BCUT2D eigenvalue weighted by molar-refractivity contribution is 0.0953. The van der Waals surface area contributed by atoms with E-state index < -0.39 is 0 Å². The third-order valence-electron chi connectivity index (χ3n) is 2.00. The maximum Gasteiger partial charge on any atom is 0.251 e. The molecule has 1 aromatic rings. The van der Waals surface area contributed by atoms with Gasteiger partial charge in [0.25, 0.3) is 5.91 Å². The van der Waals surface area contributed by atoms with Gasteiger partial charge in [0.15, 0.2) is 0 Å². The van der Waals surface area contributed by atoms with Crippen LogP contribution in [0.1, 0.15) is 16.8 Å². The van der Waals surface area contributed by atoms with Gasteiger partial charge < -0.3 is 15.8 Å². The van der Waals surface area contributed by atoms with Gasteiger partial charge in [-0.2, -0.15) is 0 Å². The van der Waals surface area contributed by atoms with Gasteiger partial charge in [-0.15, -0.1) is 12.4 Å². The van der Waals surface area contributed by atoms with Crippen molar-refractivity contribution in [3.8, 4) is 5.75 Å². The highest BCUT2D eigenvalue weighted by atomic mass is 35.5. The van der Waals surface area contributed by atoms with Gasteiger partial charge in [0.2, 0.25) is 0 Å². The van der Waals surface area contributed by atoms with Gasteiger partial charge in [0, 0.05) is 12.1 Å². The fourth-order valence-corrected chi connectivity index (χ4v) is 1.17. The molecule has 0 heterocycles. The zero-order valence-corrected chi connectivity index (χ0v) is 10.0. The minimum Gasteiger partial charge on any atom is -0.497 e. The molecule has 5 heteroatoms. The van der Waals surface area contributed by atoms with Crippen LogP contribution in [-0.2, 0) is 0 Å². The second kappa shape index (κ2) is 7.96. The van der Waals surface area contributed by atoms with Crippen molar-refractivity contribution in [2.45, 2.75) is 6.42 Å². The summed E-state index contributed by atoms with van der Waals surface area (Å²) >= 11 is 0. The molecular weight excluding hydrogens is 228 g/mol. The normalized spacial score (nSPS) is 9.12. The zero-order valence-electron chi connectivity index (χ0n) is 9.23. The van der Waals surface area contributed by atoms with Gasteiger partial charge in [0.1, 0.15) is 5.75 Å². The highest BCUT2D eigenvalue weighted by Crippen LogP contribution is 2.12. The summed E-state index contributed by atoms with van der Waals surface area (Å²) in [6.45, 7) is 1.19. The van der Waals surface area contributed by atoms with Gasteiger partial charge >= 0.3 is 0 Å². The average molecular weight is 245 g/mol. The maximum absolute atomic E-state index is 11.6. The van der Waals surface area contributed by atoms with E-state index in [1.165, 1.54) is 0 Å². The summed E-state index contributed by atoms with van der Waals surface area (Å²) in [4.78, 5) is 11.6. The first-order valence-electron chi connectivity index (χ1n) is 4.90. The standard InChI is InChI=1S/C11H16N2O2.ClH/c1-15-10-5-2-4-9(8-10)11(14)13-7-3-6-12;/h2,4-5,8H,3,6-7,12H2,1H3,(H,13,14);1H. The Balaban J connectivity index is 0.00000225. The molecule has 0 spiro atoms. The Morgan fingerprint density at radius 3 is 2.88 bits per heavy atom. The van der Waals surface area contributed by atoms with Gasteiger partial charge in [-0.3, -0.25) is 4.79 Å². The SMILES string of the molecule is COc1cccc(C(=O)NCCCN)c1.Cl. The first-order valence-corrected chi connectivity index (χ1v) is 4.90. The van der Waals surface area contributed by atoms with Crippen molar-refractivity contribution >= 4 is 18.3 Å². The molecule has 0 atom stereocenters. The molecule has 0 fully saturated rings. The minimum atomic E-state index is -0.0950. The van der Waals surface area contributed by atoms with E-state index >= 15 is 0 Å². The summed E-state index contributed by atoms with van der Waals surface area (Å²) in [5, 5.41) is 2.78. The van der Waals surface area contributed by atoms with Gasteiger partial charge in [-0.1, -0.05) is 6.07 Å². The van der Waals surface area contributed by atoms with Crippen LogP contribution in [0.25, 0.3) is 0 Å². The number of hydrogen-bond acceptors (Lipinski definition) is 3. The van der Waals surface area contributed by atoms with Crippen molar-refractivity contribution in [2.75, 3.05) is 20.2 Å². The van der Waals surface area contributed by atoms with Crippen LogP contribution in [-0.4, -0.2) is 26.1 Å². The Hall–Kier alpha value is -1.26. The fourth-order valence-electron chi connectivity index (χ4n) is 1.17. The molecule has 1 aromatic carbocycles. The number of nitrogens with two attached hydrogens (primary N) is 1. The Bertz CT molecular complexity index is 332. The summed E-state index contributed by atoms with van der Waals surface area (Å²) in [6.07, 6.45) is 0.787. The largest absolute Gasteiger partial charge is 0.497 e. The van der Waals surface area contributed by atoms with E-state index in [9.17, 15) is 4.79 Å². The van der Waals surface area contributed by atoms with Crippen molar-refractivity contribution in [3.63, 3.8) is 0 Å². The molecule has 0 unspecified atom stereocenters. The molecule has 0 bridgehead atoms. The summed E-state index contributed by atoms with van der Waals surface area (Å²) in [5.41, 5.74) is 5.93. The lowest BCUT2D eigenvalue weighted by Gasteiger charge is -2.05. The first kappa shape index (κ1) is 14.7. The predicted molar refractivity (Wildman–Crippen MR) is 66.2 cm³/mol. The summed E-state index contributed by atoms with van der Waals surface area (Å²) in [5.74, 6) is 0.587. The summed E-state index contributed by atoms with van der Waals surface area (Å²) in [6, 6.07) is 7.05. The molecule has 1 rings (SSSR count). The molecule has 90 valence electrons. The third kappa shape index (κ3) is 4.51. The molecule has 0 aromatic heterocycles. The van der Waals surface area contributed by atoms with Crippen molar-refractivity contribution in [3.05, 3.63) is 29.8 Å². The topological polar surface area (TPSA) is 64.3 Å². The van der Waals surface area contributed by atoms with Crippen molar-refractivity contribution in [2.24, 2.45) is 5.73 Å². The van der Waals surface area contributed by atoms with Crippen LogP contribution in [0.15, 0.2) is 24.3 Å². The van der Waals surface area contributed by atoms with E-state index in [0.717, 1.165) is 6.42 Å². The second-order valence-electron chi connectivity index (χ2n) is 3.13. The highest BCUT2D eigenvalue weighted by Gasteiger charge is 2.04. The van der Waals surface area contributed by atoms with E-state index in [4.69, 9.17) is 10.5 Å². The molecule has 0 saturated carbocycles. The van der Waals surface area contributed by atoms with Gasteiger partial charge in [-0.05, 0) is 31.2 Å². The Labute approximate surface area is 102 Å². The average Bonchev–Trinajstić information content (AvgIpc) is 2.29. The smallest absolute Gasteiger partial charge is 0.251 e. The summed E-state index contributed by atoms with van der Waals surface area (Å²) < 4.78 is 5.03. The molecule has 0 radical (unpaired) electrons. The number of methoxy groups -OCH3 is 1. The number of ether oxygens (including phenoxy) is 1. The highest BCUT2D eigenvalue weighted by molar-refractivity contribution is 5.94. The molecule has 4 nitrogen and oxygen atoms in total. The number of halogens is 1. The Morgan fingerprint density at radius 1 is 1.50 bits per heavy atom. The number of hydrogen-bond donors (Lipinski definition) is 2. The summed E-state index contributed by atoms with van der Waals surface area (Å²) in [7, 11) is 1.57. The molecule has 0 aliphatic heterocycles. The van der Waals surface area contributed by atoms with Crippen LogP contribution in [0.3, 0.4) is 0 Å². The number of carbonyl (C=O) groups is 1. The molecule has 1 amide bonds. The molecule has 16 heavy (non-hydrogen) atoms. The van der Waals surface area contributed by atoms with Crippen molar-refractivity contribution in [1.29, 1.82) is 0 Å². The van der Waals surface area contributed by atoms with Crippen LogP contribution in [0.2, 0.25) is 0 Å². The van der Waals surface area contributed by atoms with Crippen LogP contribution in [0, 0.1) is 0 Å². The van der Waals surface area contributed by atoms with Gasteiger partial charge in [0.05, 0.1) is 7.11 Å². The van der Waals surface area contributed by atoms with E-state index in [-0.39, 0.29) is 18.3 Å². The Kier molecular flexibility index (Phi) is 7.33. The lowest BCUT2D eigenvalue weighted by Crippen LogP contribution is -2.25. The predicted octanol–water partition coefficient (Wildman–Crippen LogP) is 1.20. The van der Waals surface area contributed by atoms with Crippen molar-refractivity contribution in [1.82, 2.24) is 5.32 Å². The first-order chi connectivity index (χ1) is 7.27. The van der Waals surface area contributed by atoms with E-state index in [1.54, 1.807) is 31.4 Å². The monoisotopic (exact) mass is 244 g/mol. The van der Waals surface area contributed by atoms with Crippen LogP contribution in [0.5, 0.6) is 5.75 Å². The third-order valence-corrected chi connectivity index (χ3v) is 2.00. The molecule has 3 N–H and O–H groups in total. The van der Waals surface area contributed by atoms with Crippen LogP contribution < -0.4 is 15.8 Å². The zero-order chi connectivity index (χ0) is 11.1. The number of benzene rings is 1. The van der Waals surface area contributed by atoms with Gasteiger partial charge in [-0.25, -0.2) is 0 Å². The Morgan fingerprint density at radius 2 is 2.25 bits per heavy atom. The minimum absolute atomic E-state index is 0. The maximum atomic E-state index is 11.6. The van der Waals surface area contributed by atoms with Crippen LogP contribution >= 0.6 is 12.4 Å². The second-order valence-corrected chi connectivity index (χ2v) is 3.13. The van der Waals surface area contributed by atoms with E-state index in [1.807, 2.05) is 0 Å². The molecule has 0 aliphatic rings. The van der Waals surface area contributed by atoms with Crippen molar-refractivity contribution < 1.29 is 9.53 Å². The number of carbonyl (C=O) groups excluding carboxylic acids is 1. The quantitative estimate of drug-likeness (QED) is 0.765. The van der Waals surface area contributed by atoms with Crippen LogP contribution in [0.4, 0.5) is 0 Å². The fraction of sp³-hybridized carbons (Fsp3) is 0.364. The number of rotatable bonds is 5. The van der Waals surface area contributed by atoms with E-state index in [2.05, 4.69) is 5.32 Å². The lowest BCUT2D eigenvalue weighted by atomic mass is 10.2. The molecule has 0 aliphatic carbocycles. The van der Waals surface area contributed by atoms with E-state index in [0.29, 0.717) is 24.4 Å². The molecular formula is C11H17ClN2O2. The molecule has 0 saturated heterocycles.